The summed E-state index contributed by atoms with van der Waals surface area (Å²) >= 11 is 0. The monoisotopic (exact) mass is 386 g/mol. The molecule has 0 unspecified atom stereocenters. The number of anilines is 1. The van der Waals surface area contributed by atoms with Crippen molar-refractivity contribution in [3.63, 3.8) is 0 Å². The summed E-state index contributed by atoms with van der Waals surface area (Å²) in [5.41, 5.74) is 3.53. The largest absolute Gasteiger partial charge is 0.488 e. The van der Waals surface area contributed by atoms with E-state index in [1.165, 1.54) is 17.1 Å². The fourth-order valence-corrected chi connectivity index (χ4v) is 3.06. The molecule has 0 saturated carbocycles. The number of hydrazone groups is 1. The summed E-state index contributed by atoms with van der Waals surface area (Å²) < 4.78 is 19.0. The molecule has 1 aliphatic rings. The van der Waals surface area contributed by atoms with Crippen LogP contribution in [-0.2, 0) is 11.4 Å². The molecule has 0 atom stereocenters. The van der Waals surface area contributed by atoms with Crippen molar-refractivity contribution < 1.29 is 13.9 Å². The van der Waals surface area contributed by atoms with Gasteiger partial charge in [-0.1, -0.05) is 48.5 Å². The predicted octanol–water partition coefficient (Wildman–Crippen LogP) is 5.21. The number of benzene rings is 3. The Hall–Kier alpha value is -3.73. The van der Waals surface area contributed by atoms with Crippen molar-refractivity contribution in [3.05, 3.63) is 101 Å². The highest BCUT2D eigenvalue weighted by Gasteiger charge is 2.28. The number of rotatable bonds is 5. The highest BCUT2D eigenvalue weighted by atomic mass is 19.1. The minimum absolute atomic E-state index is 0.179. The molecule has 0 fully saturated rings. The summed E-state index contributed by atoms with van der Waals surface area (Å²) in [6.07, 6.45) is 1.80. The van der Waals surface area contributed by atoms with Gasteiger partial charge in [-0.25, -0.2) is 4.39 Å². The number of carbonyl (C=O) groups is 1. The van der Waals surface area contributed by atoms with E-state index in [1.807, 2.05) is 61.5 Å². The molecule has 0 spiro atoms. The molecule has 4 rings (SSSR count). The third-order valence-electron chi connectivity index (χ3n) is 4.59. The van der Waals surface area contributed by atoms with Crippen LogP contribution < -0.4 is 9.75 Å². The Balaban J connectivity index is 1.57. The van der Waals surface area contributed by atoms with Crippen LogP contribution in [0.3, 0.4) is 0 Å². The lowest BCUT2D eigenvalue weighted by Gasteiger charge is -2.12. The molecule has 3 aromatic carbocycles. The van der Waals surface area contributed by atoms with Crippen molar-refractivity contribution in [2.75, 3.05) is 5.01 Å². The van der Waals surface area contributed by atoms with E-state index in [0.717, 1.165) is 16.8 Å². The summed E-state index contributed by atoms with van der Waals surface area (Å²) in [6.45, 7) is 2.12. The van der Waals surface area contributed by atoms with E-state index in [0.29, 0.717) is 23.6 Å². The predicted molar refractivity (Wildman–Crippen MR) is 112 cm³/mol. The Bertz CT molecular complexity index is 1090. The summed E-state index contributed by atoms with van der Waals surface area (Å²) in [4.78, 5) is 12.9. The number of amides is 1. The average molecular weight is 386 g/mol. The van der Waals surface area contributed by atoms with E-state index in [2.05, 4.69) is 5.10 Å². The zero-order valence-corrected chi connectivity index (χ0v) is 15.9. The van der Waals surface area contributed by atoms with Crippen LogP contribution in [0.25, 0.3) is 6.08 Å². The third-order valence-corrected chi connectivity index (χ3v) is 4.59. The second-order valence-corrected chi connectivity index (χ2v) is 6.65. The number of hydrogen-bond acceptors (Lipinski definition) is 3. The first-order chi connectivity index (χ1) is 14.1. The standard InChI is InChI=1S/C24H19FN2O2/c1-17-22(24(28)27(26-17)21-8-3-2-4-9-21)15-19-7-5-6-10-23(19)29-16-18-11-13-20(25)14-12-18/h2-15H,16H2,1H3/b22-15+. The van der Waals surface area contributed by atoms with Gasteiger partial charge in [0, 0.05) is 5.56 Å². The SMILES string of the molecule is CC1=NN(c2ccccc2)C(=O)/C1=C/c1ccccc1OCc1ccc(F)cc1. The molecule has 4 nitrogen and oxygen atoms in total. The van der Waals surface area contributed by atoms with Gasteiger partial charge in [0.25, 0.3) is 5.91 Å². The summed E-state index contributed by atoms with van der Waals surface area (Å²) in [6, 6.07) is 23.0. The summed E-state index contributed by atoms with van der Waals surface area (Å²) in [5.74, 6) is 0.182. The van der Waals surface area contributed by atoms with Crippen LogP contribution in [0.1, 0.15) is 18.1 Å². The van der Waals surface area contributed by atoms with Crippen LogP contribution in [0, 0.1) is 5.82 Å². The van der Waals surface area contributed by atoms with E-state index < -0.39 is 0 Å². The molecule has 29 heavy (non-hydrogen) atoms. The van der Waals surface area contributed by atoms with Crippen LogP contribution in [0.2, 0.25) is 0 Å². The number of hydrogen-bond donors (Lipinski definition) is 0. The molecule has 1 heterocycles. The second-order valence-electron chi connectivity index (χ2n) is 6.65. The first kappa shape index (κ1) is 18.6. The molecule has 0 bridgehead atoms. The minimum atomic E-state index is -0.281. The number of halogens is 1. The Morgan fingerprint density at radius 1 is 0.966 bits per heavy atom. The van der Waals surface area contributed by atoms with E-state index in [4.69, 9.17) is 4.74 Å². The van der Waals surface area contributed by atoms with Crippen molar-refractivity contribution in [2.45, 2.75) is 13.5 Å². The maximum atomic E-state index is 13.1. The Kier molecular flexibility index (Phi) is 5.20. The lowest BCUT2D eigenvalue weighted by molar-refractivity contribution is -0.114. The Morgan fingerprint density at radius 2 is 1.66 bits per heavy atom. The van der Waals surface area contributed by atoms with Crippen molar-refractivity contribution in [1.82, 2.24) is 0 Å². The lowest BCUT2D eigenvalue weighted by Crippen LogP contribution is -2.21. The van der Waals surface area contributed by atoms with Gasteiger partial charge in [0.2, 0.25) is 0 Å². The summed E-state index contributed by atoms with van der Waals surface area (Å²) in [5, 5.41) is 5.81. The molecular formula is C24H19FN2O2. The third kappa shape index (κ3) is 4.09. The van der Waals surface area contributed by atoms with E-state index in [-0.39, 0.29) is 11.7 Å². The van der Waals surface area contributed by atoms with Gasteiger partial charge in [-0.2, -0.15) is 10.1 Å². The lowest BCUT2D eigenvalue weighted by atomic mass is 10.1. The fourth-order valence-electron chi connectivity index (χ4n) is 3.06. The van der Waals surface area contributed by atoms with Gasteiger partial charge in [-0.15, -0.1) is 0 Å². The highest BCUT2D eigenvalue weighted by molar-refractivity contribution is 6.32. The molecule has 5 heteroatoms. The molecule has 0 aromatic heterocycles. The van der Waals surface area contributed by atoms with Crippen LogP contribution in [0.5, 0.6) is 5.75 Å². The number of para-hydroxylation sites is 2. The molecule has 0 saturated heterocycles. The smallest absolute Gasteiger partial charge is 0.280 e. The number of carbonyl (C=O) groups excluding carboxylic acids is 1. The van der Waals surface area contributed by atoms with Gasteiger partial charge in [0.05, 0.1) is 17.0 Å². The van der Waals surface area contributed by atoms with Gasteiger partial charge in [0.15, 0.2) is 0 Å². The second kappa shape index (κ2) is 8.10. The van der Waals surface area contributed by atoms with E-state index >= 15 is 0 Å². The van der Waals surface area contributed by atoms with Gasteiger partial charge >= 0.3 is 0 Å². The van der Waals surface area contributed by atoms with E-state index in [9.17, 15) is 9.18 Å². The molecule has 1 amide bonds. The Labute approximate surface area is 168 Å². The minimum Gasteiger partial charge on any atom is -0.488 e. The quantitative estimate of drug-likeness (QED) is 0.565. The first-order valence-electron chi connectivity index (χ1n) is 9.25. The maximum Gasteiger partial charge on any atom is 0.280 e. The average Bonchev–Trinajstić information content (AvgIpc) is 3.03. The normalized spacial score (nSPS) is 15.0. The topological polar surface area (TPSA) is 41.9 Å². The molecule has 144 valence electrons. The maximum absolute atomic E-state index is 13.1. The number of ether oxygens (including phenoxy) is 1. The molecule has 0 aliphatic carbocycles. The summed E-state index contributed by atoms with van der Waals surface area (Å²) in [7, 11) is 0. The molecule has 3 aromatic rings. The van der Waals surface area contributed by atoms with Crippen LogP contribution in [0.4, 0.5) is 10.1 Å². The van der Waals surface area contributed by atoms with Gasteiger partial charge in [-0.3, -0.25) is 4.79 Å². The van der Waals surface area contributed by atoms with Gasteiger partial charge in [-0.05, 0) is 48.9 Å². The first-order valence-corrected chi connectivity index (χ1v) is 9.25. The highest BCUT2D eigenvalue weighted by Crippen LogP contribution is 2.28. The fraction of sp³-hybridized carbons (Fsp3) is 0.0833. The van der Waals surface area contributed by atoms with Crippen LogP contribution >= 0.6 is 0 Å². The molecule has 1 aliphatic heterocycles. The van der Waals surface area contributed by atoms with Crippen molar-refractivity contribution in [2.24, 2.45) is 5.10 Å². The van der Waals surface area contributed by atoms with Crippen molar-refractivity contribution >= 4 is 23.4 Å². The van der Waals surface area contributed by atoms with Gasteiger partial charge in [0.1, 0.15) is 18.2 Å². The van der Waals surface area contributed by atoms with Crippen LogP contribution in [0.15, 0.2) is 89.5 Å². The van der Waals surface area contributed by atoms with Crippen molar-refractivity contribution in [1.29, 1.82) is 0 Å². The zero-order chi connectivity index (χ0) is 20.2. The molecule has 0 N–H and O–H groups in total. The molecule has 0 radical (unpaired) electrons. The number of nitrogens with zero attached hydrogens (tertiary/aromatic N) is 2. The van der Waals surface area contributed by atoms with Crippen LogP contribution in [-0.4, -0.2) is 11.6 Å². The van der Waals surface area contributed by atoms with Crippen molar-refractivity contribution in [3.8, 4) is 5.75 Å². The van der Waals surface area contributed by atoms with Gasteiger partial charge < -0.3 is 4.74 Å². The zero-order valence-electron chi connectivity index (χ0n) is 15.9. The molecular weight excluding hydrogens is 367 g/mol. The van der Waals surface area contributed by atoms with E-state index in [1.54, 1.807) is 18.2 Å². The Morgan fingerprint density at radius 3 is 2.41 bits per heavy atom.